The molecule has 5 rings (SSSR count). The van der Waals surface area contributed by atoms with Crippen molar-refractivity contribution in [2.75, 3.05) is 41.4 Å². The minimum atomic E-state index is -1.74. The average Bonchev–Trinajstić information content (AvgIpc) is 2.85. The van der Waals surface area contributed by atoms with Crippen LogP contribution in [-0.2, 0) is 6.42 Å². The van der Waals surface area contributed by atoms with Gasteiger partial charge in [-0.15, -0.1) is 0 Å². The molecule has 11 heteroatoms. The van der Waals surface area contributed by atoms with Gasteiger partial charge in [0.1, 0.15) is 23.6 Å². The maximum Gasteiger partial charge on any atom is 0.227 e. The largest absolute Gasteiger partial charge is 0.396 e. The maximum absolute atomic E-state index is 14.6. The van der Waals surface area contributed by atoms with Gasteiger partial charge in [-0.05, 0) is 49.8 Å². The fraction of sp³-hybridized carbons (Fsp3) is 0.500. The van der Waals surface area contributed by atoms with Crippen LogP contribution >= 0.6 is 0 Å². The highest BCUT2D eigenvalue weighted by Gasteiger charge is 2.40. The van der Waals surface area contributed by atoms with Gasteiger partial charge in [-0.1, -0.05) is 0 Å². The summed E-state index contributed by atoms with van der Waals surface area (Å²) in [5.74, 6) is 2.06. The second kappa shape index (κ2) is 9.12. The lowest BCUT2D eigenvalue weighted by Gasteiger charge is -2.43. The Morgan fingerprint density at radius 3 is 2.74 bits per heavy atom. The Morgan fingerprint density at radius 1 is 1.20 bits per heavy atom. The van der Waals surface area contributed by atoms with E-state index in [0.29, 0.717) is 42.8 Å². The molecule has 35 heavy (non-hydrogen) atoms. The molecule has 0 aliphatic carbocycles. The summed E-state index contributed by atoms with van der Waals surface area (Å²) in [6.45, 7) is 3.92. The van der Waals surface area contributed by atoms with E-state index in [-0.39, 0.29) is 25.7 Å². The van der Waals surface area contributed by atoms with Gasteiger partial charge in [0.2, 0.25) is 5.95 Å². The lowest BCUT2D eigenvalue weighted by atomic mass is 9.94. The Morgan fingerprint density at radius 2 is 2.03 bits per heavy atom. The number of anilines is 4. The van der Waals surface area contributed by atoms with Gasteiger partial charge < -0.3 is 25.3 Å². The number of aliphatic hydroxyl groups excluding tert-OH is 2. The van der Waals surface area contributed by atoms with Crippen LogP contribution in [0.3, 0.4) is 0 Å². The Kier molecular flexibility index (Phi) is 6.14. The van der Waals surface area contributed by atoms with Gasteiger partial charge in [-0.2, -0.15) is 4.98 Å². The second-order valence-corrected chi connectivity index (χ2v) is 9.48. The Labute approximate surface area is 201 Å². The molecule has 0 amide bonds. The van der Waals surface area contributed by atoms with Crippen molar-refractivity contribution in [3.63, 3.8) is 0 Å². The lowest BCUT2D eigenvalue weighted by molar-refractivity contribution is -0.00860. The van der Waals surface area contributed by atoms with Crippen LogP contribution in [0.4, 0.5) is 32.2 Å². The number of fused-ring (bicyclic) bond motifs is 1. The molecular formula is C24H29F2N7O2. The molecule has 2 aliphatic heterocycles. The fourth-order valence-corrected chi connectivity index (χ4v) is 4.65. The average molecular weight is 486 g/mol. The zero-order chi connectivity index (χ0) is 24.7. The van der Waals surface area contributed by atoms with Crippen molar-refractivity contribution in [1.29, 1.82) is 0 Å². The predicted molar refractivity (Wildman–Crippen MR) is 130 cm³/mol. The number of nitrogens with zero attached hydrogens (tertiary/aromatic N) is 6. The molecule has 0 aromatic carbocycles. The number of piperidine rings is 1. The second-order valence-electron chi connectivity index (χ2n) is 9.48. The molecule has 3 N–H and O–H groups in total. The Balaban J connectivity index is 1.43. The zero-order valence-electron chi connectivity index (χ0n) is 19.7. The van der Waals surface area contributed by atoms with Crippen molar-refractivity contribution < 1.29 is 19.0 Å². The Bertz CT molecular complexity index is 1230. The van der Waals surface area contributed by atoms with E-state index in [9.17, 15) is 19.0 Å². The summed E-state index contributed by atoms with van der Waals surface area (Å²) in [7, 11) is 0. The standard InChI is InChI=1S/C24H29F2N7O2/c1-14-18(25)12-33(14)22-17-11-28-21(9-16(17)15(5-8-34)10-29-22)30-20-3-6-27-23(31-20)32-7-4-19(35)24(2,26)13-32/h3,6,9-11,14,18-19,34-35H,4-5,7-8,12-13H2,1-2H3,(H,27,28,30,31)/t14-,18-,19-,24+/m1/s1. The third-order valence-electron chi connectivity index (χ3n) is 6.92. The smallest absolute Gasteiger partial charge is 0.227 e. The van der Waals surface area contributed by atoms with Crippen LogP contribution in [0.1, 0.15) is 25.8 Å². The number of hydrogen-bond donors (Lipinski definition) is 3. The number of rotatable bonds is 6. The van der Waals surface area contributed by atoms with Gasteiger partial charge in [-0.3, -0.25) is 0 Å². The summed E-state index contributed by atoms with van der Waals surface area (Å²) in [5, 5.41) is 24.2. The van der Waals surface area contributed by atoms with Crippen LogP contribution in [0.15, 0.2) is 30.7 Å². The van der Waals surface area contributed by atoms with Gasteiger partial charge >= 0.3 is 0 Å². The number of hydrogen-bond acceptors (Lipinski definition) is 9. The summed E-state index contributed by atoms with van der Waals surface area (Å²) >= 11 is 0. The summed E-state index contributed by atoms with van der Waals surface area (Å²) in [6, 6.07) is 3.30. The first-order valence-corrected chi connectivity index (χ1v) is 11.8. The van der Waals surface area contributed by atoms with E-state index < -0.39 is 17.9 Å². The fourth-order valence-electron chi connectivity index (χ4n) is 4.65. The third kappa shape index (κ3) is 4.45. The summed E-state index contributed by atoms with van der Waals surface area (Å²) in [5.41, 5.74) is -0.880. The number of pyridine rings is 2. The summed E-state index contributed by atoms with van der Waals surface area (Å²) in [6.07, 6.45) is 3.83. The van der Waals surface area contributed by atoms with E-state index in [0.717, 1.165) is 16.3 Å². The number of alkyl halides is 2. The topological polar surface area (TPSA) is 111 Å². The molecule has 0 radical (unpaired) electrons. The van der Waals surface area contributed by atoms with Crippen molar-refractivity contribution in [2.45, 2.75) is 50.7 Å². The van der Waals surface area contributed by atoms with Crippen molar-refractivity contribution in [1.82, 2.24) is 19.9 Å². The van der Waals surface area contributed by atoms with E-state index >= 15 is 0 Å². The monoisotopic (exact) mass is 485 g/mol. The molecule has 3 aromatic rings. The van der Waals surface area contributed by atoms with E-state index in [1.165, 1.54) is 6.92 Å². The van der Waals surface area contributed by atoms with Crippen molar-refractivity contribution >= 4 is 34.2 Å². The summed E-state index contributed by atoms with van der Waals surface area (Å²) in [4.78, 5) is 21.5. The van der Waals surface area contributed by atoms with Crippen LogP contribution < -0.4 is 15.1 Å². The number of nitrogens with one attached hydrogen (secondary N) is 1. The van der Waals surface area contributed by atoms with E-state index in [1.54, 1.807) is 29.6 Å². The first-order chi connectivity index (χ1) is 16.8. The highest BCUT2D eigenvalue weighted by Crippen LogP contribution is 2.35. The van der Waals surface area contributed by atoms with Gasteiger partial charge in [0.15, 0.2) is 5.67 Å². The molecular weight excluding hydrogens is 456 g/mol. The van der Waals surface area contributed by atoms with Crippen molar-refractivity contribution in [2.24, 2.45) is 0 Å². The van der Waals surface area contributed by atoms with Crippen LogP contribution in [0, 0.1) is 0 Å². The molecule has 2 fully saturated rings. The number of aromatic nitrogens is 4. The lowest BCUT2D eigenvalue weighted by Crippen LogP contribution is -2.57. The zero-order valence-corrected chi connectivity index (χ0v) is 19.7. The molecule has 3 aromatic heterocycles. The van der Waals surface area contributed by atoms with Gasteiger partial charge in [0.05, 0.1) is 25.2 Å². The molecule has 4 atom stereocenters. The molecule has 0 bridgehead atoms. The molecule has 2 saturated heterocycles. The molecule has 5 heterocycles. The minimum absolute atomic E-state index is 0.000795. The van der Waals surface area contributed by atoms with Gasteiger partial charge in [0.25, 0.3) is 0 Å². The van der Waals surface area contributed by atoms with E-state index in [2.05, 4.69) is 25.3 Å². The first kappa shape index (κ1) is 23.6. The van der Waals surface area contributed by atoms with Gasteiger partial charge in [0, 0.05) is 37.1 Å². The predicted octanol–water partition coefficient (Wildman–Crippen LogP) is 2.54. The maximum atomic E-state index is 14.6. The van der Waals surface area contributed by atoms with E-state index in [1.807, 2.05) is 17.9 Å². The van der Waals surface area contributed by atoms with Crippen molar-refractivity contribution in [3.8, 4) is 0 Å². The molecule has 0 spiro atoms. The van der Waals surface area contributed by atoms with Crippen LogP contribution in [0.25, 0.3) is 10.8 Å². The molecule has 186 valence electrons. The summed E-state index contributed by atoms with van der Waals surface area (Å²) < 4.78 is 28.4. The quantitative estimate of drug-likeness (QED) is 0.485. The van der Waals surface area contributed by atoms with Crippen LogP contribution in [-0.4, -0.2) is 80.4 Å². The number of aliphatic hydroxyl groups is 2. The van der Waals surface area contributed by atoms with Crippen LogP contribution in [0.5, 0.6) is 0 Å². The molecule has 2 aliphatic rings. The SMILES string of the molecule is C[C@@H]1[C@H](F)CN1c1ncc(CCO)c2cc(Nc3ccnc(N4CC[C@@H](O)[C@@](C)(F)C4)n3)ncc12. The van der Waals surface area contributed by atoms with Gasteiger partial charge in [-0.25, -0.2) is 23.7 Å². The minimum Gasteiger partial charge on any atom is -0.396 e. The number of halogens is 2. The normalized spacial score (nSPS) is 26.6. The van der Waals surface area contributed by atoms with Crippen LogP contribution in [0.2, 0.25) is 0 Å². The molecule has 0 unspecified atom stereocenters. The highest BCUT2D eigenvalue weighted by molar-refractivity contribution is 5.95. The highest BCUT2D eigenvalue weighted by atomic mass is 19.1. The molecule has 0 saturated carbocycles. The Hall–Kier alpha value is -3.18. The van der Waals surface area contributed by atoms with Crippen molar-refractivity contribution in [3.05, 3.63) is 36.3 Å². The molecule has 9 nitrogen and oxygen atoms in total. The van der Waals surface area contributed by atoms with E-state index in [4.69, 9.17) is 0 Å². The third-order valence-corrected chi connectivity index (χ3v) is 6.92. The first-order valence-electron chi connectivity index (χ1n) is 11.8.